The van der Waals surface area contributed by atoms with E-state index in [-0.39, 0.29) is 18.9 Å². The summed E-state index contributed by atoms with van der Waals surface area (Å²) in [6, 6.07) is 29.1. The summed E-state index contributed by atoms with van der Waals surface area (Å²) in [4.78, 5) is 61.1. The summed E-state index contributed by atoms with van der Waals surface area (Å²) in [5.74, 6) is -3.97. The van der Waals surface area contributed by atoms with E-state index in [2.05, 4.69) is 5.32 Å². The van der Waals surface area contributed by atoms with Gasteiger partial charge in [0.05, 0.1) is 30.7 Å². The second-order valence-electron chi connectivity index (χ2n) is 14.2. The Balaban J connectivity index is 1.27. The molecule has 4 heterocycles. The first kappa shape index (κ1) is 34.5. The van der Waals surface area contributed by atoms with Gasteiger partial charge in [-0.15, -0.1) is 0 Å². The monoisotopic (exact) mass is 711 g/mol. The molecule has 0 aromatic heterocycles. The molecule has 10 heteroatoms. The first-order chi connectivity index (χ1) is 25.8. The molecule has 0 radical (unpaired) electrons. The molecule has 270 valence electrons. The molecule has 2 N–H and O–H groups in total. The lowest BCUT2D eigenvalue weighted by atomic mass is 9.74. The standard InChI is InChI=1S/C43H41N3O7/c1-27-38(30-16-7-3-8-17-30)52-42(51)36-34-22-23-43(53-34)37(36)40(49)46(33(26-47)29-14-5-2-6-15-29)39(43)41(50)45(24-12-4-9-19-35(48)44-27)32-21-20-28-13-10-11-18-31(28)25-32/h2-8,10-18,20-23,25,27,33-34,36-39,47H,9,19,24,26H2,1H3,(H,44,48)/b12-4-/t27-,33+,34+,36-,37-,38+,39+,43-/m0/s1. The van der Waals surface area contributed by atoms with Crippen LogP contribution >= 0.6 is 0 Å². The Bertz CT molecular complexity index is 2100. The minimum atomic E-state index is -1.51. The third kappa shape index (κ3) is 6.01. The second kappa shape index (κ2) is 14.1. The van der Waals surface area contributed by atoms with Crippen LogP contribution in [0.2, 0.25) is 0 Å². The number of ether oxygens (including phenoxy) is 2. The van der Waals surface area contributed by atoms with E-state index in [1.54, 1.807) is 24.0 Å². The van der Waals surface area contributed by atoms with Crippen LogP contribution < -0.4 is 10.2 Å². The van der Waals surface area contributed by atoms with Crippen LogP contribution in [0.4, 0.5) is 5.69 Å². The SMILES string of the molecule is C[C@@H]1NC(=O)CC/C=C\CN(c2ccc3ccccc3c2)C(=O)[C@H]2N([C@H](CO)c3ccccc3)C(=O)[C@@H]3[C@@H](C(=O)O[C@H]1c1ccccc1)[C@H]1C=C[C@]32O1. The van der Waals surface area contributed by atoms with E-state index >= 15 is 9.59 Å². The first-order valence-electron chi connectivity index (χ1n) is 18.2. The molecule has 3 amide bonds. The number of carbonyl (C=O) groups is 4. The second-order valence-corrected chi connectivity index (χ2v) is 14.2. The van der Waals surface area contributed by atoms with E-state index in [0.717, 1.165) is 10.8 Å². The van der Waals surface area contributed by atoms with Gasteiger partial charge in [-0.2, -0.15) is 0 Å². The molecule has 4 aliphatic heterocycles. The van der Waals surface area contributed by atoms with E-state index < -0.39 is 72.2 Å². The van der Waals surface area contributed by atoms with Crippen LogP contribution in [0.3, 0.4) is 0 Å². The number of aliphatic hydroxyl groups excluding tert-OH is 1. The molecule has 53 heavy (non-hydrogen) atoms. The number of anilines is 1. The van der Waals surface area contributed by atoms with Gasteiger partial charge in [0.1, 0.15) is 23.7 Å². The van der Waals surface area contributed by atoms with Gasteiger partial charge in [0, 0.05) is 18.7 Å². The Morgan fingerprint density at radius 2 is 1.58 bits per heavy atom. The molecule has 10 nitrogen and oxygen atoms in total. The molecule has 4 aliphatic rings. The van der Waals surface area contributed by atoms with Crippen LogP contribution in [0.1, 0.15) is 43.0 Å². The number of fused-ring (bicyclic) bond motifs is 3. The summed E-state index contributed by atoms with van der Waals surface area (Å²) in [6.07, 6.45) is 6.13. The zero-order chi connectivity index (χ0) is 36.7. The number of hydrogen-bond donors (Lipinski definition) is 2. The van der Waals surface area contributed by atoms with Gasteiger partial charge in [0.15, 0.2) is 0 Å². The summed E-state index contributed by atoms with van der Waals surface area (Å²) in [6.45, 7) is 1.46. The van der Waals surface area contributed by atoms with Gasteiger partial charge in [-0.3, -0.25) is 19.2 Å². The Morgan fingerprint density at radius 3 is 2.34 bits per heavy atom. The van der Waals surface area contributed by atoms with Crippen LogP contribution in [0.5, 0.6) is 0 Å². The fraction of sp³-hybridized carbons (Fsp3) is 0.302. The molecule has 8 rings (SSSR count). The summed E-state index contributed by atoms with van der Waals surface area (Å²) < 4.78 is 12.9. The Hall–Kier alpha value is -5.58. The van der Waals surface area contributed by atoms with Crippen molar-refractivity contribution in [2.24, 2.45) is 11.8 Å². The van der Waals surface area contributed by atoms with Crippen LogP contribution in [0.25, 0.3) is 10.8 Å². The lowest BCUT2D eigenvalue weighted by molar-refractivity contribution is -0.161. The van der Waals surface area contributed by atoms with Gasteiger partial charge in [0.25, 0.3) is 5.91 Å². The lowest BCUT2D eigenvalue weighted by Crippen LogP contribution is -2.57. The van der Waals surface area contributed by atoms with Crippen molar-refractivity contribution in [1.29, 1.82) is 0 Å². The van der Waals surface area contributed by atoms with Crippen LogP contribution in [0, 0.1) is 11.8 Å². The number of amides is 3. The molecule has 2 fully saturated rings. The number of likely N-dealkylation sites (tertiary alicyclic amines) is 1. The topological polar surface area (TPSA) is 125 Å². The number of aliphatic hydroxyl groups is 1. The molecular weight excluding hydrogens is 670 g/mol. The van der Waals surface area contributed by atoms with Gasteiger partial charge in [-0.25, -0.2) is 0 Å². The largest absolute Gasteiger partial charge is 0.455 e. The number of nitrogens with one attached hydrogen (secondary N) is 1. The maximum absolute atomic E-state index is 15.4. The first-order valence-corrected chi connectivity index (χ1v) is 18.2. The molecule has 4 aromatic carbocycles. The highest BCUT2D eigenvalue weighted by Gasteiger charge is 2.74. The van der Waals surface area contributed by atoms with Crippen molar-refractivity contribution in [3.8, 4) is 0 Å². The maximum atomic E-state index is 15.4. The van der Waals surface area contributed by atoms with Crippen molar-refractivity contribution in [1.82, 2.24) is 10.2 Å². The van der Waals surface area contributed by atoms with Crippen molar-refractivity contribution in [2.75, 3.05) is 18.1 Å². The molecular formula is C43H41N3O7. The number of cyclic esters (lactones) is 1. The number of rotatable bonds is 5. The van der Waals surface area contributed by atoms with Crippen molar-refractivity contribution in [3.05, 3.63) is 139 Å². The predicted molar refractivity (Wildman–Crippen MR) is 198 cm³/mol. The van der Waals surface area contributed by atoms with Crippen LogP contribution in [-0.2, 0) is 28.7 Å². The van der Waals surface area contributed by atoms with E-state index in [1.807, 2.05) is 115 Å². The van der Waals surface area contributed by atoms with Crippen molar-refractivity contribution in [3.63, 3.8) is 0 Å². The van der Waals surface area contributed by atoms with Crippen molar-refractivity contribution < 1.29 is 33.8 Å². The molecule has 2 saturated heterocycles. The minimum absolute atomic E-state index is 0.137. The zero-order valence-corrected chi connectivity index (χ0v) is 29.3. The van der Waals surface area contributed by atoms with Crippen LogP contribution in [0.15, 0.2) is 127 Å². The van der Waals surface area contributed by atoms with Crippen molar-refractivity contribution in [2.45, 2.75) is 55.7 Å². The number of benzene rings is 4. The van der Waals surface area contributed by atoms with E-state index in [9.17, 15) is 14.7 Å². The Labute approximate surface area is 307 Å². The van der Waals surface area contributed by atoms with Gasteiger partial charge in [-0.05, 0) is 47.4 Å². The molecule has 0 unspecified atom stereocenters. The Morgan fingerprint density at radius 1 is 0.868 bits per heavy atom. The van der Waals surface area contributed by atoms with Gasteiger partial charge in [-0.1, -0.05) is 115 Å². The third-order valence-electron chi connectivity index (χ3n) is 11.0. The molecule has 8 atom stereocenters. The highest BCUT2D eigenvalue weighted by molar-refractivity contribution is 6.06. The Kier molecular flexibility index (Phi) is 9.18. The summed E-state index contributed by atoms with van der Waals surface area (Å²) >= 11 is 0. The zero-order valence-electron chi connectivity index (χ0n) is 29.3. The number of carbonyl (C=O) groups excluding carboxylic acids is 4. The summed E-state index contributed by atoms with van der Waals surface area (Å²) in [7, 11) is 0. The fourth-order valence-corrected chi connectivity index (χ4v) is 8.56. The van der Waals surface area contributed by atoms with Crippen LogP contribution in [-0.4, -0.2) is 70.6 Å². The maximum Gasteiger partial charge on any atom is 0.313 e. The number of hydrogen-bond acceptors (Lipinski definition) is 7. The normalized spacial score (nSPS) is 29.9. The van der Waals surface area contributed by atoms with Gasteiger partial charge < -0.3 is 29.7 Å². The molecule has 4 aromatic rings. The van der Waals surface area contributed by atoms with Crippen molar-refractivity contribution >= 4 is 40.2 Å². The quantitative estimate of drug-likeness (QED) is 0.216. The van der Waals surface area contributed by atoms with E-state index in [0.29, 0.717) is 23.2 Å². The molecule has 0 saturated carbocycles. The average Bonchev–Trinajstić information content (AvgIpc) is 3.83. The third-order valence-corrected chi connectivity index (χ3v) is 11.0. The van der Waals surface area contributed by atoms with Gasteiger partial charge in [0.2, 0.25) is 11.8 Å². The smallest absolute Gasteiger partial charge is 0.313 e. The van der Waals surface area contributed by atoms with E-state index in [4.69, 9.17) is 9.47 Å². The fourth-order valence-electron chi connectivity index (χ4n) is 8.56. The number of nitrogens with zero attached hydrogens (tertiary/aromatic N) is 2. The highest BCUT2D eigenvalue weighted by atomic mass is 16.6. The molecule has 1 spiro atoms. The number of allylic oxidation sites excluding steroid dienone is 1. The lowest BCUT2D eigenvalue weighted by Gasteiger charge is -2.39. The predicted octanol–water partition coefficient (Wildman–Crippen LogP) is 5.20. The summed E-state index contributed by atoms with van der Waals surface area (Å²) in [5, 5.41) is 15.9. The average molecular weight is 712 g/mol. The summed E-state index contributed by atoms with van der Waals surface area (Å²) in [5.41, 5.74) is 0.417. The van der Waals surface area contributed by atoms with Gasteiger partial charge >= 0.3 is 5.97 Å². The molecule has 0 aliphatic carbocycles. The molecule has 5 bridgehead atoms. The highest BCUT2D eigenvalue weighted by Crippen LogP contribution is 2.57. The minimum Gasteiger partial charge on any atom is -0.455 e. The van der Waals surface area contributed by atoms with E-state index in [1.165, 1.54) is 4.90 Å². The number of esters is 1.